The summed E-state index contributed by atoms with van der Waals surface area (Å²) in [6.45, 7) is 3.26. The van der Waals surface area contributed by atoms with Gasteiger partial charge in [-0.3, -0.25) is 4.90 Å². The molecule has 0 atom stereocenters. The molecule has 0 aliphatic carbocycles. The first-order valence-corrected chi connectivity index (χ1v) is 8.22. The van der Waals surface area contributed by atoms with E-state index in [4.69, 9.17) is 11.6 Å². The summed E-state index contributed by atoms with van der Waals surface area (Å²) in [6.07, 6.45) is 0. The quantitative estimate of drug-likeness (QED) is 0.727. The highest BCUT2D eigenvalue weighted by Crippen LogP contribution is 2.23. The van der Waals surface area contributed by atoms with Gasteiger partial charge in [-0.1, -0.05) is 23.7 Å². The van der Waals surface area contributed by atoms with Crippen molar-refractivity contribution < 1.29 is 4.39 Å². The average Bonchev–Trinajstić information content (AvgIpc) is 3.01. The maximum absolute atomic E-state index is 13.0. The van der Waals surface area contributed by atoms with Crippen LogP contribution in [0.15, 0.2) is 48.5 Å². The molecule has 0 unspecified atom stereocenters. The first-order chi connectivity index (χ1) is 11.7. The number of rotatable bonds is 3. The molecule has 1 aliphatic rings. The van der Waals surface area contributed by atoms with Gasteiger partial charge in [0.1, 0.15) is 11.6 Å². The van der Waals surface area contributed by atoms with Crippen LogP contribution in [0, 0.1) is 5.82 Å². The Labute approximate surface area is 144 Å². The zero-order chi connectivity index (χ0) is 16.5. The van der Waals surface area contributed by atoms with Crippen molar-refractivity contribution in [1.82, 2.24) is 19.7 Å². The van der Waals surface area contributed by atoms with Gasteiger partial charge < -0.3 is 4.57 Å². The molecule has 2 heterocycles. The SMILES string of the molecule is Fc1ccc(CN2CCn3c(nnc3-c3ccc(Cl)cc3)C2)cc1. The lowest BCUT2D eigenvalue weighted by Crippen LogP contribution is -2.33. The van der Waals surface area contributed by atoms with E-state index in [-0.39, 0.29) is 5.82 Å². The van der Waals surface area contributed by atoms with E-state index < -0.39 is 0 Å². The molecule has 0 saturated carbocycles. The number of halogens is 2. The van der Waals surface area contributed by atoms with Gasteiger partial charge in [0.25, 0.3) is 0 Å². The van der Waals surface area contributed by atoms with Crippen molar-refractivity contribution in [3.05, 3.63) is 70.8 Å². The van der Waals surface area contributed by atoms with E-state index in [2.05, 4.69) is 19.7 Å². The fourth-order valence-electron chi connectivity index (χ4n) is 3.00. The van der Waals surface area contributed by atoms with Gasteiger partial charge in [0.15, 0.2) is 5.82 Å². The van der Waals surface area contributed by atoms with E-state index in [1.54, 1.807) is 0 Å². The van der Waals surface area contributed by atoms with E-state index >= 15 is 0 Å². The molecular weight excluding hydrogens is 327 g/mol. The summed E-state index contributed by atoms with van der Waals surface area (Å²) < 4.78 is 15.2. The van der Waals surface area contributed by atoms with Crippen LogP contribution in [0.2, 0.25) is 5.02 Å². The fraction of sp³-hybridized carbons (Fsp3) is 0.222. The predicted octanol–water partition coefficient (Wildman–Crippen LogP) is 3.75. The lowest BCUT2D eigenvalue weighted by molar-refractivity contribution is 0.209. The number of nitrogens with zero attached hydrogens (tertiary/aromatic N) is 4. The van der Waals surface area contributed by atoms with Gasteiger partial charge in [0, 0.05) is 30.2 Å². The minimum absolute atomic E-state index is 0.204. The normalized spacial score (nSPS) is 14.6. The molecule has 0 bridgehead atoms. The van der Waals surface area contributed by atoms with Crippen LogP contribution in [0.1, 0.15) is 11.4 Å². The van der Waals surface area contributed by atoms with Crippen LogP contribution in [-0.2, 0) is 19.6 Å². The van der Waals surface area contributed by atoms with E-state index in [0.29, 0.717) is 5.02 Å². The third-order valence-electron chi connectivity index (χ3n) is 4.25. The highest BCUT2D eigenvalue weighted by Gasteiger charge is 2.21. The van der Waals surface area contributed by atoms with E-state index in [9.17, 15) is 4.39 Å². The second kappa shape index (κ2) is 6.34. The minimum Gasteiger partial charge on any atom is -0.309 e. The third kappa shape index (κ3) is 3.05. The fourth-order valence-corrected chi connectivity index (χ4v) is 3.13. The Bertz CT molecular complexity index is 842. The molecule has 0 spiro atoms. The standard InChI is InChI=1S/C18H16ClFN4/c19-15-5-3-14(4-6-15)18-22-21-17-12-23(9-10-24(17)18)11-13-1-7-16(20)8-2-13/h1-8H,9-12H2. The second-order valence-electron chi connectivity index (χ2n) is 5.94. The first kappa shape index (κ1) is 15.3. The molecule has 24 heavy (non-hydrogen) atoms. The number of benzene rings is 2. The summed E-state index contributed by atoms with van der Waals surface area (Å²) in [4.78, 5) is 2.29. The molecule has 2 aromatic carbocycles. The summed E-state index contributed by atoms with van der Waals surface area (Å²) in [6, 6.07) is 14.3. The zero-order valence-electron chi connectivity index (χ0n) is 13.0. The molecule has 3 aromatic rings. The Hall–Kier alpha value is -2.24. The molecule has 0 fully saturated rings. The van der Waals surface area contributed by atoms with Gasteiger partial charge in [-0.05, 0) is 42.0 Å². The van der Waals surface area contributed by atoms with Crippen LogP contribution in [-0.4, -0.2) is 26.2 Å². The third-order valence-corrected chi connectivity index (χ3v) is 4.51. The summed E-state index contributed by atoms with van der Waals surface area (Å²) >= 11 is 5.95. The topological polar surface area (TPSA) is 34.0 Å². The van der Waals surface area contributed by atoms with Gasteiger partial charge in [-0.25, -0.2) is 4.39 Å². The Balaban J connectivity index is 1.52. The Morgan fingerprint density at radius 3 is 2.46 bits per heavy atom. The summed E-state index contributed by atoms with van der Waals surface area (Å²) in [5.74, 6) is 1.63. The minimum atomic E-state index is -0.204. The molecule has 0 radical (unpaired) electrons. The maximum atomic E-state index is 13.0. The van der Waals surface area contributed by atoms with Crippen molar-refractivity contribution in [1.29, 1.82) is 0 Å². The van der Waals surface area contributed by atoms with Crippen LogP contribution in [0.5, 0.6) is 0 Å². The number of hydrogen-bond donors (Lipinski definition) is 0. The smallest absolute Gasteiger partial charge is 0.164 e. The second-order valence-corrected chi connectivity index (χ2v) is 6.37. The molecule has 122 valence electrons. The van der Waals surface area contributed by atoms with Crippen LogP contribution < -0.4 is 0 Å². The van der Waals surface area contributed by atoms with Crippen LogP contribution in [0.3, 0.4) is 0 Å². The monoisotopic (exact) mass is 342 g/mol. The molecule has 0 saturated heterocycles. The lowest BCUT2D eigenvalue weighted by atomic mass is 10.2. The van der Waals surface area contributed by atoms with Gasteiger partial charge in [0.05, 0.1) is 6.54 Å². The summed E-state index contributed by atoms with van der Waals surface area (Å²) in [7, 11) is 0. The molecular formula is C18H16ClFN4. The van der Waals surface area contributed by atoms with Crippen molar-refractivity contribution >= 4 is 11.6 Å². The Morgan fingerprint density at radius 1 is 0.958 bits per heavy atom. The van der Waals surface area contributed by atoms with Gasteiger partial charge >= 0.3 is 0 Å². The van der Waals surface area contributed by atoms with Crippen molar-refractivity contribution in [3.8, 4) is 11.4 Å². The van der Waals surface area contributed by atoms with Crippen molar-refractivity contribution in [3.63, 3.8) is 0 Å². The van der Waals surface area contributed by atoms with Gasteiger partial charge in [-0.2, -0.15) is 0 Å². The maximum Gasteiger partial charge on any atom is 0.164 e. The number of fused-ring (bicyclic) bond motifs is 1. The Kier molecular flexibility index (Phi) is 4.04. The molecule has 0 amide bonds. The molecule has 4 nitrogen and oxygen atoms in total. The van der Waals surface area contributed by atoms with E-state index in [0.717, 1.165) is 49.0 Å². The number of aromatic nitrogens is 3. The predicted molar refractivity (Wildman–Crippen MR) is 91.0 cm³/mol. The van der Waals surface area contributed by atoms with Crippen LogP contribution in [0.4, 0.5) is 4.39 Å². The van der Waals surface area contributed by atoms with Crippen molar-refractivity contribution in [2.75, 3.05) is 6.54 Å². The van der Waals surface area contributed by atoms with Crippen molar-refractivity contribution in [2.45, 2.75) is 19.6 Å². The lowest BCUT2D eigenvalue weighted by Gasteiger charge is -2.27. The van der Waals surface area contributed by atoms with E-state index in [1.165, 1.54) is 12.1 Å². The molecule has 0 N–H and O–H groups in total. The first-order valence-electron chi connectivity index (χ1n) is 7.84. The summed E-state index contributed by atoms with van der Waals surface area (Å²) in [5.41, 5.74) is 2.12. The highest BCUT2D eigenvalue weighted by atomic mass is 35.5. The zero-order valence-corrected chi connectivity index (χ0v) is 13.7. The average molecular weight is 343 g/mol. The van der Waals surface area contributed by atoms with Gasteiger partial charge in [0.2, 0.25) is 0 Å². The van der Waals surface area contributed by atoms with Crippen molar-refractivity contribution in [2.24, 2.45) is 0 Å². The summed E-state index contributed by atoms with van der Waals surface area (Å²) in [5, 5.41) is 9.39. The Morgan fingerprint density at radius 2 is 1.71 bits per heavy atom. The molecule has 4 rings (SSSR count). The van der Waals surface area contributed by atoms with Crippen LogP contribution >= 0.6 is 11.6 Å². The molecule has 6 heteroatoms. The highest BCUT2D eigenvalue weighted by molar-refractivity contribution is 6.30. The van der Waals surface area contributed by atoms with Crippen LogP contribution in [0.25, 0.3) is 11.4 Å². The molecule has 1 aliphatic heterocycles. The number of hydrogen-bond acceptors (Lipinski definition) is 3. The van der Waals surface area contributed by atoms with E-state index in [1.807, 2.05) is 36.4 Å². The largest absolute Gasteiger partial charge is 0.309 e. The van der Waals surface area contributed by atoms with Gasteiger partial charge in [-0.15, -0.1) is 10.2 Å². The molecule has 1 aromatic heterocycles.